The topological polar surface area (TPSA) is 96.9 Å². The maximum absolute atomic E-state index is 13.6. The highest BCUT2D eigenvalue weighted by Gasteiger charge is 2.42. The Labute approximate surface area is 217 Å². The van der Waals surface area contributed by atoms with Gasteiger partial charge >= 0.3 is 0 Å². The number of aromatic nitrogens is 2. The fourth-order valence-electron chi connectivity index (χ4n) is 4.80. The number of ether oxygens (including phenoxy) is 3. The molecule has 2 aromatic carbocycles. The van der Waals surface area contributed by atoms with Gasteiger partial charge in [0.05, 0.1) is 19.3 Å². The van der Waals surface area contributed by atoms with Gasteiger partial charge in [-0.05, 0) is 69.0 Å². The highest BCUT2D eigenvalue weighted by molar-refractivity contribution is 6.00. The smallest absolute Gasteiger partial charge is 0.273 e. The number of phenols is 1. The molecule has 1 aromatic heterocycles. The van der Waals surface area contributed by atoms with E-state index in [1.165, 1.54) is 0 Å². The Bertz CT molecular complexity index is 1300. The number of fused-ring (bicyclic) bond motifs is 1. The molecule has 0 bridgehead atoms. The molecular weight excluding hydrogens is 470 g/mol. The molecule has 1 atom stereocenters. The summed E-state index contributed by atoms with van der Waals surface area (Å²) in [5, 5.41) is 18.4. The summed E-state index contributed by atoms with van der Waals surface area (Å²) in [7, 11) is 1.59. The van der Waals surface area contributed by atoms with Crippen molar-refractivity contribution in [1.82, 2.24) is 15.1 Å². The van der Waals surface area contributed by atoms with Gasteiger partial charge in [0.1, 0.15) is 23.7 Å². The summed E-state index contributed by atoms with van der Waals surface area (Å²) in [4.78, 5) is 15.4. The van der Waals surface area contributed by atoms with Crippen LogP contribution in [0.25, 0.3) is 11.3 Å². The van der Waals surface area contributed by atoms with Crippen molar-refractivity contribution in [3.8, 4) is 28.5 Å². The minimum absolute atomic E-state index is 0.119. The number of aromatic hydroxyl groups is 1. The molecule has 0 fully saturated rings. The zero-order valence-corrected chi connectivity index (χ0v) is 22.1. The lowest BCUT2D eigenvalue weighted by molar-refractivity contribution is 0.0601. The molecule has 0 aliphatic carbocycles. The first-order valence-electron chi connectivity index (χ1n) is 12.5. The van der Waals surface area contributed by atoms with Crippen molar-refractivity contribution in [2.75, 3.05) is 26.9 Å². The largest absolute Gasteiger partial charge is 0.507 e. The Kier molecular flexibility index (Phi) is 7.88. The van der Waals surface area contributed by atoms with Gasteiger partial charge < -0.3 is 24.2 Å². The van der Waals surface area contributed by atoms with Crippen molar-refractivity contribution in [2.45, 2.75) is 46.3 Å². The normalized spacial score (nSPS) is 14.8. The number of carbonyl (C=O) groups excluding carboxylic acids is 1. The monoisotopic (exact) mass is 505 g/mol. The van der Waals surface area contributed by atoms with Crippen LogP contribution < -0.4 is 9.47 Å². The number of phenolic OH excluding ortho intramolecular Hbond substituents is 1. The lowest BCUT2D eigenvalue weighted by Crippen LogP contribution is -2.31. The van der Waals surface area contributed by atoms with Gasteiger partial charge in [0.2, 0.25) is 0 Å². The van der Waals surface area contributed by atoms with Gasteiger partial charge in [-0.15, -0.1) is 0 Å². The van der Waals surface area contributed by atoms with Crippen LogP contribution in [-0.4, -0.2) is 59.1 Å². The number of H-pyrrole nitrogens is 1. The van der Waals surface area contributed by atoms with Crippen molar-refractivity contribution in [3.05, 3.63) is 70.9 Å². The predicted octanol–water partition coefficient (Wildman–Crippen LogP) is 5.33. The molecule has 3 aromatic rings. The van der Waals surface area contributed by atoms with E-state index in [4.69, 9.17) is 14.2 Å². The third-order valence-electron chi connectivity index (χ3n) is 6.42. The van der Waals surface area contributed by atoms with E-state index in [0.717, 1.165) is 22.3 Å². The number of rotatable bonds is 11. The van der Waals surface area contributed by atoms with Crippen molar-refractivity contribution in [3.63, 3.8) is 0 Å². The van der Waals surface area contributed by atoms with Crippen LogP contribution >= 0.6 is 0 Å². The number of nitrogens with one attached hydrogen (secondary N) is 1. The molecule has 1 amide bonds. The number of benzene rings is 2. The second kappa shape index (κ2) is 11.1. The fourth-order valence-corrected chi connectivity index (χ4v) is 4.80. The van der Waals surface area contributed by atoms with Crippen LogP contribution in [0.4, 0.5) is 0 Å². The summed E-state index contributed by atoms with van der Waals surface area (Å²) in [6, 6.07) is 9.05. The molecule has 1 aliphatic rings. The van der Waals surface area contributed by atoms with Gasteiger partial charge in [0.15, 0.2) is 11.5 Å². The Hall–Kier alpha value is -3.78. The number of amides is 1. The van der Waals surface area contributed by atoms with Crippen LogP contribution in [0.3, 0.4) is 0 Å². The molecule has 0 radical (unpaired) electrons. The van der Waals surface area contributed by atoms with Crippen molar-refractivity contribution in [2.24, 2.45) is 0 Å². The molecule has 2 heterocycles. The van der Waals surface area contributed by atoms with Crippen LogP contribution in [0, 0.1) is 13.8 Å². The maximum atomic E-state index is 13.6. The van der Waals surface area contributed by atoms with E-state index in [2.05, 4.69) is 16.8 Å². The fraction of sp³-hybridized carbons (Fsp3) is 0.379. The number of methoxy groups -OCH3 is 1. The standard InChI is InChI=1S/C29H35N3O5/c1-7-12-37-22-10-9-20(16-23(22)35-6)27-24-25(21-15-18(4)14-19(5)28(21)33)30-31-26(24)29(34)32(27)11-8-13-36-17(2)3/h7,9-10,14-17,27,33H,1,8,11-13H2,2-6H3,(H,30,31). The summed E-state index contributed by atoms with van der Waals surface area (Å²) in [5.74, 6) is 1.16. The molecule has 0 spiro atoms. The van der Waals surface area contributed by atoms with Crippen molar-refractivity contribution in [1.29, 1.82) is 0 Å². The van der Waals surface area contributed by atoms with Crippen LogP contribution in [0.1, 0.15) is 59.1 Å². The second-order valence-electron chi connectivity index (χ2n) is 9.52. The van der Waals surface area contributed by atoms with E-state index in [1.54, 1.807) is 13.2 Å². The Balaban J connectivity index is 1.81. The zero-order valence-electron chi connectivity index (χ0n) is 22.1. The van der Waals surface area contributed by atoms with Gasteiger partial charge in [0.25, 0.3) is 5.91 Å². The molecule has 0 saturated heterocycles. The number of hydrogen-bond acceptors (Lipinski definition) is 6. The van der Waals surface area contributed by atoms with Crippen LogP contribution in [0.5, 0.6) is 17.2 Å². The molecule has 196 valence electrons. The SMILES string of the molecule is C=CCOc1ccc(C2c3c(-c4cc(C)cc(C)c4O)n[nH]c3C(=O)N2CCCOC(C)C)cc1OC. The van der Waals surface area contributed by atoms with Crippen LogP contribution in [0.15, 0.2) is 43.0 Å². The number of hydrogen-bond donors (Lipinski definition) is 2. The molecule has 0 saturated carbocycles. The van der Waals surface area contributed by atoms with Gasteiger partial charge in [-0.2, -0.15) is 5.10 Å². The van der Waals surface area contributed by atoms with Gasteiger partial charge in [0, 0.05) is 24.3 Å². The Morgan fingerprint density at radius 2 is 2.00 bits per heavy atom. The minimum Gasteiger partial charge on any atom is -0.507 e. The van der Waals surface area contributed by atoms with Crippen LogP contribution in [-0.2, 0) is 4.74 Å². The quantitative estimate of drug-likeness (QED) is 0.270. The first-order chi connectivity index (χ1) is 17.8. The van der Waals surface area contributed by atoms with E-state index in [1.807, 2.05) is 62.9 Å². The average molecular weight is 506 g/mol. The number of aromatic amines is 1. The molecule has 1 unspecified atom stereocenters. The van der Waals surface area contributed by atoms with Gasteiger partial charge in [-0.3, -0.25) is 9.89 Å². The summed E-state index contributed by atoms with van der Waals surface area (Å²) in [5.41, 5.74) is 4.91. The van der Waals surface area contributed by atoms with Gasteiger partial charge in [-0.25, -0.2) is 0 Å². The summed E-state index contributed by atoms with van der Waals surface area (Å²) < 4.78 is 17.1. The number of aryl methyl sites for hydroxylation is 2. The summed E-state index contributed by atoms with van der Waals surface area (Å²) >= 11 is 0. The minimum atomic E-state index is -0.433. The highest BCUT2D eigenvalue weighted by atomic mass is 16.5. The highest BCUT2D eigenvalue weighted by Crippen LogP contribution is 2.46. The maximum Gasteiger partial charge on any atom is 0.273 e. The summed E-state index contributed by atoms with van der Waals surface area (Å²) in [6.07, 6.45) is 2.47. The van der Waals surface area contributed by atoms with Crippen molar-refractivity contribution < 1.29 is 24.1 Å². The first-order valence-corrected chi connectivity index (χ1v) is 12.5. The predicted molar refractivity (Wildman–Crippen MR) is 142 cm³/mol. The molecule has 1 aliphatic heterocycles. The van der Waals surface area contributed by atoms with Gasteiger partial charge in [-0.1, -0.05) is 24.8 Å². The third-order valence-corrected chi connectivity index (χ3v) is 6.42. The lowest BCUT2D eigenvalue weighted by Gasteiger charge is -2.27. The zero-order chi connectivity index (χ0) is 26.7. The molecule has 8 heteroatoms. The molecular formula is C29H35N3O5. The Morgan fingerprint density at radius 3 is 2.70 bits per heavy atom. The van der Waals surface area contributed by atoms with E-state index < -0.39 is 6.04 Å². The Morgan fingerprint density at radius 1 is 1.22 bits per heavy atom. The molecule has 4 rings (SSSR count). The summed E-state index contributed by atoms with van der Waals surface area (Å²) in [6.45, 7) is 12.9. The number of carbonyl (C=O) groups is 1. The van der Waals surface area contributed by atoms with Crippen molar-refractivity contribution >= 4 is 5.91 Å². The molecule has 2 N–H and O–H groups in total. The van der Waals surface area contributed by atoms with E-state index in [9.17, 15) is 9.90 Å². The van der Waals surface area contributed by atoms with E-state index >= 15 is 0 Å². The molecule has 8 nitrogen and oxygen atoms in total. The van der Waals surface area contributed by atoms with E-state index in [0.29, 0.717) is 54.6 Å². The third kappa shape index (κ3) is 5.20. The van der Waals surface area contributed by atoms with Crippen LogP contribution in [0.2, 0.25) is 0 Å². The second-order valence-corrected chi connectivity index (χ2v) is 9.52. The van der Waals surface area contributed by atoms with E-state index in [-0.39, 0.29) is 17.8 Å². The molecule has 37 heavy (non-hydrogen) atoms. The average Bonchev–Trinajstić information content (AvgIpc) is 3.41. The lowest BCUT2D eigenvalue weighted by atomic mass is 9.94. The first kappa shape index (κ1) is 26.3. The number of nitrogens with zero attached hydrogens (tertiary/aromatic N) is 2.